The lowest BCUT2D eigenvalue weighted by Crippen LogP contribution is -2.59. The van der Waals surface area contributed by atoms with Gasteiger partial charge in [-0.1, -0.05) is 6.07 Å². The summed E-state index contributed by atoms with van der Waals surface area (Å²) in [7, 11) is 0. The van der Waals surface area contributed by atoms with E-state index in [9.17, 15) is 26.7 Å². The average Bonchev–Trinajstić information content (AvgIpc) is 2.84. The van der Waals surface area contributed by atoms with E-state index in [4.69, 9.17) is 4.74 Å². The Labute approximate surface area is 196 Å². The lowest BCUT2D eigenvalue weighted by Gasteiger charge is -2.49. The third-order valence-electron chi connectivity index (χ3n) is 6.41. The first-order valence-corrected chi connectivity index (χ1v) is 11.0. The molecule has 3 fully saturated rings. The van der Waals surface area contributed by atoms with Gasteiger partial charge in [-0.25, -0.2) is 23.7 Å². The summed E-state index contributed by atoms with van der Waals surface area (Å²) in [5, 5.41) is 0. The zero-order chi connectivity index (χ0) is 24.7. The van der Waals surface area contributed by atoms with Gasteiger partial charge in [0.05, 0.1) is 35.1 Å². The number of hydrogen-bond donors (Lipinski definition) is 0. The smallest absolute Gasteiger partial charge is 0.417 e. The molecule has 3 aliphatic rings. The summed E-state index contributed by atoms with van der Waals surface area (Å²) < 4.78 is 72.5. The van der Waals surface area contributed by atoms with Crippen molar-refractivity contribution in [3.63, 3.8) is 0 Å². The molecule has 6 nitrogen and oxygen atoms in total. The van der Waals surface area contributed by atoms with Crippen molar-refractivity contribution in [1.29, 1.82) is 0 Å². The lowest BCUT2D eigenvalue weighted by molar-refractivity contribution is -0.137. The highest BCUT2D eigenvalue weighted by atomic mass is 19.4. The Hall–Kier alpha value is -3.63. The summed E-state index contributed by atoms with van der Waals surface area (Å²) >= 11 is 0. The van der Waals surface area contributed by atoms with E-state index in [1.807, 2.05) is 0 Å². The molecule has 4 heterocycles. The van der Waals surface area contributed by atoms with Gasteiger partial charge in [-0.05, 0) is 43.4 Å². The molecule has 1 amide bonds. The monoisotopic (exact) mass is 490 g/mol. The second kappa shape index (κ2) is 8.86. The highest BCUT2D eigenvalue weighted by Crippen LogP contribution is 2.39. The second-order valence-electron chi connectivity index (χ2n) is 8.63. The number of rotatable bonds is 4. The normalized spacial score (nSPS) is 21.7. The van der Waals surface area contributed by atoms with E-state index >= 15 is 0 Å². The van der Waals surface area contributed by atoms with E-state index in [-0.39, 0.29) is 34.8 Å². The second-order valence-corrected chi connectivity index (χ2v) is 8.63. The Bertz CT molecular complexity index is 1230. The molecular weight excluding hydrogens is 471 g/mol. The van der Waals surface area contributed by atoms with Crippen molar-refractivity contribution >= 4 is 5.91 Å². The first kappa shape index (κ1) is 23.1. The number of pyridine rings is 1. The van der Waals surface area contributed by atoms with Gasteiger partial charge in [-0.3, -0.25) is 4.79 Å². The first-order valence-electron chi connectivity index (χ1n) is 11.0. The van der Waals surface area contributed by atoms with Crippen LogP contribution in [0.15, 0.2) is 48.9 Å². The van der Waals surface area contributed by atoms with Gasteiger partial charge >= 0.3 is 6.18 Å². The predicted molar refractivity (Wildman–Crippen MR) is 113 cm³/mol. The van der Waals surface area contributed by atoms with Crippen LogP contribution in [0.2, 0.25) is 0 Å². The largest absolute Gasteiger partial charge is 0.472 e. The van der Waals surface area contributed by atoms with Crippen molar-refractivity contribution < 1.29 is 31.5 Å². The standard InChI is InChI=1S/C24H19F5N4O2/c25-15-10-31-22(32-11-15)21-16(2-1-3-17(21)26)23(34)33-12-13-4-6-18(33)19(8-13)35-20-7-5-14(9-30-20)24(27,28)29/h1-3,5,7,9-11,13,18-19H,4,6,8,12H2. The molecule has 0 N–H and O–H groups in total. The number of hydrogen-bond acceptors (Lipinski definition) is 5. The Morgan fingerprint density at radius 2 is 1.77 bits per heavy atom. The molecule has 2 bridgehead atoms. The van der Waals surface area contributed by atoms with Crippen LogP contribution in [0, 0.1) is 17.6 Å². The molecule has 3 aromatic rings. The highest BCUT2D eigenvalue weighted by Gasteiger charge is 2.45. The number of carbonyl (C=O) groups excluding carboxylic acids is 1. The van der Waals surface area contributed by atoms with Gasteiger partial charge in [0.15, 0.2) is 11.6 Å². The van der Waals surface area contributed by atoms with Gasteiger partial charge in [0.2, 0.25) is 5.88 Å². The van der Waals surface area contributed by atoms with E-state index in [0.717, 1.165) is 30.9 Å². The molecule has 3 atom stereocenters. The maximum Gasteiger partial charge on any atom is 0.417 e. The first-order chi connectivity index (χ1) is 16.7. The lowest BCUT2D eigenvalue weighted by atomic mass is 9.77. The zero-order valence-corrected chi connectivity index (χ0v) is 18.2. The molecule has 2 aromatic heterocycles. The fourth-order valence-corrected chi connectivity index (χ4v) is 4.79. The summed E-state index contributed by atoms with van der Waals surface area (Å²) in [5.41, 5.74) is -0.968. The van der Waals surface area contributed by atoms with Gasteiger partial charge in [0.1, 0.15) is 11.9 Å². The minimum atomic E-state index is -4.50. The molecule has 1 saturated carbocycles. The number of aromatic nitrogens is 3. The number of fused-ring (bicyclic) bond motifs is 3. The van der Waals surface area contributed by atoms with Crippen LogP contribution in [0.1, 0.15) is 35.2 Å². The quantitative estimate of drug-likeness (QED) is 0.487. The summed E-state index contributed by atoms with van der Waals surface area (Å²) in [6.07, 6.45) is -0.370. The number of alkyl halides is 3. The maximum atomic E-state index is 14.8. The summed E-state index contributed by atoms with van der Waals surface area (Å²) in [6.45, 7) is 0.435. The van der Waals surface area contributed by atoms with Crippen LogP contribution in [-0.4, -0.2) is 44.4 Å². The predicted octanol–water partition coefficient (Wildman–Crippen LogP) is 4.91. The maximum absolute atomic E-state index is 14.8. The molecule has 1 aliphatic carbocycles. The minimum absolute atomic E-state index is 0.0362. The molecule has 3 unspecified atom stereocenters. The van der Waals surface area contributed by atoms with Crippen molar-refractivity contribution in [2.24, 2.45) is 5.92 Å². The Kier molecular flexibility index (Phi) is 5.86. The third kappa shape index (κ3) is 4.54. The number of piperidine rings is 2. The van der Waals surface area contributed by atoms with Gasteiger partial charge in [-0.2, -0.15) is 13.2 Å². The summed E-state index contributed by atoms with van der Waals surface area (Å²) in [5.74, 6) is -1.82. The summed E-state index contributed by atoms with van der Waals surface area (Å²) in [6, 6.07) is 5.72. The molecule has 6 rings (SSSR count). The zero-order valence-electron chi connectivity index (χ0n) is 18.2. The van der Waals surface area contributed by atoms with Crippen molar-refractivity contribution in [3.05, 3.63) is 71.7 Å². The van der Waals surface area contributed by atoms with Crippen molar-refractivity contribution in [3.8, 4) is 17.3 Å². The molecular formula is C24H19F5N4O2. The molecule has 182 valence electrons. The Morgan fingerprint density at radius 3 is 2.43 bits per heavy atom. The minimum Gasteiger partial charge on any atom is -0.472 e. The average molecular weight is 490 g/mol. The molecule has 2 saturated heterocycles. The van der Waals surface area contributed by atoms with Crippen LogP contribution in [-0.2, 0) is 6.18 Å². The van der Waals surface area contributed by atoms with Crippen LogP contribution >= 0.6 is 0 Å². The van der Waals surface area contributed by atoms with E-state index in [1.54, 1.807) is 4.90 Å². The van der Waals surface area contributed by atoms with E-state index in [2.05, 4.69) is 15.0 Å². The third-order valence-corrected chi connectivity index (χ3v) is 6.41. The molecule has 11 heteroatoms. The van der Waals surface area contributed by atoms with Crippen molar-refractivity contribution in [1.82, 2.24) is 19.9 Å². The highest BCUT2D eigenvalue weighted by molar-refractivity contribution is 6.00. The molecule has 0 spiro atoms. The fourth-order valence-electron chi connectivity index (χ4n) is 4.79. The van der Waals surface area contributed by atoms with E-state index < -0.39 is 35.4 Å². The fraction of sp³-hybridized carbons (Fsp3) is 0.333. The van der Waals surface area contributed by atoms with Crippen LogP contribution in [0.5, 0.6) is 5.88 Å². The molecule has 1 aromatic carbocycles. The van der Waals surface area contributed by atoms with Gasteiger partial charge < -0.3 is 9.64 Å². The van der Waals surface area contributed by atoms with Crippen LogP contribution < -0.4 is 4.74 Å². The number of benzene rings is 1. The Morgan fingerprint density at radius 1 is 1.00 bits per heavy atom. The van der Waals surface area contributed by atoms with Crippen molar-refractivity contribution in [2.75, 3.05) is 6.54 Å². The number of ether oxygens (including phenoxy) is 1. The van der Waals surface area contributed by atoms with Gasteiger partial charge in [0.25, 0.3) is 5.91 Å². The van der Waals surface area contributed by atoms with Gasteiger partial charge in [0, 0.05) is 18.8 Å². The van der Waals surface area contributed by atoms with Crippen LogP contribution in [0.25, 0.3) is 11.4 Å². The molecule has 2 aliphatic heterocycles. The van der Waals surface area contributed by atoms with Crippen LogP contribution in [0.4, 0.5) is 22.0 Å². The van der Waals surface area contributed by atoms with Crippen molar-refractivity contribution in [2.45, 2.75) is 37.6 Å². The topological polar surface area (TPSA) is 68.2 Å². The van der Waals surface area contributed by atoms with Crippen LogP contribution in [0.3, 0.4) is 0 Å². The Balaban J connectivity index is 1.41. The molecule has 0 radical (unpaired) electrons. The number of amides is 1. The van der Waals surface area contributed by atoms with E-state index in [0.29, 0.717) is 25.6 Å². The van der Waals surface area contributed by atoms with E-state index in [1.165, 1.54) is 18.2 Å². The van der Waals surface area contributed by atoms with Gasteiger partial charge in [-0.15, -0.1) is 0 Å². The summed E-state index contributed by atoms with van der Waals surface area (Å²) in [4.78, 5) is 26.6. The molecule has 35 heavy (non-hydrogen) atoms. The SMILES string of the molecule is O=C(c1cccc(F)c1-c1ncc(F)cn1)N1CC2CCC1C(Oc1ccc(C(F)(F)F)cn1)C2. The number of carbonyl (C=O) groups is 1. The number of nitrogens with zero attached hydrogens (tertiary/aromatic N) is 4. The number of halogens is 5.